The predicted molar refractivity (Wildman–Crippen MR) is 69.6 cm³/mol. The molecule has 0 aliphatic heterocycles. The van der Waals surface area contributed by atoms with Gasteiger partial charge in [0, 0.05) is 6.04 Å². The summed E-state index contributed by atoms with van der Waals surface area (Å²) in [6.07, 6.45) is -2.25. The number of nitrogens with two attached hydrogens (primary N) is 1. The molecule has 4 heteroatoms. The molecule has 1 aromatic carbocycles. The summed E-state index contributed by atoms with van der Waals surface area (Å²) in [6.45, 7) is 1.98. The van der Waals surface area contributed by atoms with E-state index in [9.17, 15) is 13.2 Å². The maximum atomic E-state index is 12.8. The molecule has 3 unspecified atom stereocenters. The van der Waals surface area contributed by atoms with Crippen LogP contribution in [0.2, 0.25) is 0 Å². The molecule has 0 radical (unpaired) electrons. The topological polar surface area (TPSA) is 26.0 Å². The highest BCUT2D eigenvalue weighted by Crippen LogP contribution is 2.43. The van der Waals surface area contributed by atoms with E-state index < -0.39 is 12.1 Å². The highest BCUT2D eigenvalue weighted by molar-refractivity contribution is 5.24. The molecule has 0 spiro atoms. The molecule has 0 heterocycles. The number of halogens is 3. The number of hydrogen-bond acceptors (Lipinski definition) is 1. The lowest BCUT2D eigenvalue weighted by atomic mass is 9.76. The molecule has 1 aliphatic carbocycles. The average molecular weight is 271 g/mol. The average Bonchev–Trinajstić information content (AvgIpc) is 2.38. The van der Waals surface area contributed by atoms with Gasteiger partial charge >= 0.3 is 6.18 Å². The molecule has 3 atom stereocenters. The minimum Gasteiger partial charge on any atom is -0.324 e. The Balaban J connectivity index is 2.06. The van der Waals surface area contributed by atoms with Crippen molar-refractivity contribution in [1.29, 1.82) is 0 Å². The van der Waals surface area contributed by atoms with E-state index in [1.807, 2.05) is 31.2 Å². The fourth-order valence-corrected chi connectivity index (χ4v) is 2.91. The van der Waals surface area contributed by atoms with Gasteiger partial charge in [-0.2, -0.15) is 13.2 Å². The van der Waals surface area contributed by atoms with Crippen molar-refractivity contribution in [2.75, 3.05) is 0 Å². The van der Waals surface area contributed by atoms with Crippen molar-refractivity contribution in [3.8, 4) is 0 Å². The summed E-state index contributed by atoms with van der Waals surface area (Å²) in [6, 6.07) is 7.48. The molecule has 1 nitrogen and oxygen atoms in total. The van der Waals surface area contributed by atoms with E-state index in [1.54, 1.807) is 0 Å². The fourth-order valence-electron chi connectivity index (χ4n) is 2.91. The Hall–Kier alpha value is -1.03. The fraction of sp³-hybridized carbons (Fsp3) is 0.600. The number of hydrogen-bond donors (Lipinski definition) is 1. The summed E-state index contributed by atoms with van der Waals surface area (Å²) in [5, 5.41) is 0. The van der Waals surface area contributed by atoms with Crippen molar-refractivity contribution in [2.24, 2.45) is 17.6 Å². The van der Waals surface area contributed by atoms with Crippen LogP contribution in [0.3, 0.4) is 0 Å². The van der Waals surface area contributed by atoms with Crippen LogP contribution in [0.15, 0.2) is 24.3 Å². The number of aryl methyl sites for hydroxylation is 1. The third-order valence-electron chi connectivity index (χ3n) is 4.15. The molecule has 1 saturated carbocycles. The molecule has 1 fully saturated rings. The Morgan fingerprint density at radius 1 is 1.16 bits per heavy atom. The van der Waals surface area contributed by atoms with Gasteiger partial charge in [-0.25, -0.2) is 0 Å². The maximum Gasteiger partial charge on any atom is 0.391 e. The lowest BCUT2D eigenvalue weighted by Crippen LogP contribution is -2.33. The van der Waals surface area contributed by atoms with Crippen LogP contribution >= 0.6 is 0 Å². The smallest absolute Gasteiger partial charge is 0.324 e. The highest BCUT2D eigenvalue weighted by Gasteiger charge is 2.43. The molecule has 2 N–H and O–H groups in total. The first-order valence-corrected chi connectivity index (χ1v) is 6.77. The standard InChI is InChI=1S/C15H20F3N/c1-10-5-7-11(8-6-10)14(19)12-3-2-4-13(9-12)15(16,17)18/h5-8,12-14H,2-4,9,19H2,1H3. The summed E-state index contributed by atoms with van der Waals surface area (Å²) in [5.41, 5.74) is 8.23. The first-order valence-electron chi connectivity index (χ1n) is 6.77. The molecule has 0 bridgehead atoms. The number of alkyl halides is 3. The molecule has 2 rings (SSSR count). The molecule has 0 aromatic heterocycles. The summed E-state index contributed by atoms with van der Waals surface area (Å²) >= 11 is 0. The van der Waals surface area contributed by atoms with E-state index in [0.717, 1.165) is 17.5 Å². The van der Waals surface area contributed by atoms with Crippen LogP contribution in [0.1, 0.15) is 42.9 Å². The zero-order valence-electron chi connectivity index (χ0n) is 11.1. The van der Waals surface area contributed by atoms with Gasteiger partial charge in [0.15, 0.2) is 0 Å². The quantitative estimate of drug-likeness (QED) is 0.849. The normalized spacial score (nSPS) is 26.2. The van der Waals surface area contributed by atoms with Crippen molar-refractivity contribution >= 4 is 0 Å². The zero-order chi connectivity index (χ0) is 14.0. The van der Waals surface area contributed by atoms with E-state index in [1.165, 1.54) is 0 Å². The zero-order valence-corrected chi connectivity index (χ0v) is 11.1. The first kappa shape index (κ1) is 14.4. The van der Waals surface area contributed by atoms with Crippen LogP contribution in [-0.4, -0.2) is 6.18 Å². The summed E-state index contributed by atoms with van der Waals surface area (Å²) in [4.78, 5) is 0. The van der Waals surface area contributed by atoms with Crippen LogP contribution in [0.25, 0.3) is 0 Å². The van der Waals surface area contributed by atoms with Crippen LogP contribution in [-0.2, 0) is 0 Å². The summed E-state index contributed by atoms with van der Waals surface area (Å²) in [5.74, 6) is -1.24. The van der Waals surface area contributed by atoms with E-state index in [-0.39, 0.29) is 24.8 Å². The van der Waals surface area contributed by atoms with Gasteiger partial charge in [0.05, 0.1) is 5.92 Å². The molecule has 0 amide bonds. The van der Waals surface area contributed by atoms with Gasteiger partial charge in [-0.3, -0.25) is 0 Å². The van der Waals surface area contributed by atoms with Gasteiger partial charge in [0.2, 0.25) is 0 Å². The van der Waals surface area contributed by atoms with Crippen molar-refractivity contribution in [3.05, 3.63) is 35.4 Å². The second-order valence-electron chi connectivity index (χ2n) is 5.60. The van der Waals surface area contributed by atoms with Gasteiger partial charge in [0.1, 0.15) is 0 Å². The van der Waals surface area contributed by atoms with Crippen LogP contribution < -0.4 is 5.73 Å². The minimum atomic E-state index is -4.08. The SMILES string of the molecule is Cc1ccc(C(N)C2CCCC(C(F)(F)F)C2)cc1. The van der Waals surface area contributed by atoms with Gasteiger partial charge < -0.3 is 5.73 Å². The second kappa shape index (κ2) is 5.53. The van der Waals surface area contributed by atoms with E-state index in [2.05, 4.69) is 0 Å². The first-order chi connectivity index (χ1) is 8.88. The summed E-state index contributed by atoms with van der Waals surface area (Å²) < 4.78 is 38.4. The lowest BCUT2D eigenvalue weighted by Gasteiger charge is -2.34. The third kappa shape index (κ3) is 3.50. The molecule has 19 heavy (non-hydrogen) atoms. The highest BCUT2D eigenvalue weighted by atomic mass is 19.4. The Labute approximate surface area is 112 Å². The second-order valence-corrected chi connectivity index (χ2v) is 5.60. The largest absolute Gasteiger partial charge is 0.391 e. The van der Waals surface area contributed by atoms with Crippen molar-refractivity contribution in [2.45, 2.75) is 44.8 Å². The van der Waals surface area contributed by atoms with E-state index >= 15 is 0 Å². The van der Waals surface area contributed by atoms with Crippen molar-refractivity contribution in [1.82, 2.24) is 0 Å². The monoisotopic (exact) mass is 271 g/mol. The van der Waals surface area contributed by atoms with Crippen LogP contribution in [0.4, 0.5) is 13.2 Å². The Morgan fingerprint density at radius 2 is 1.79 bits per heavy atom. The molecule has 106 valence electrons. The molecule has 0 saturated heterocycles. The molecular weight excluding hydrogens is 251 g/mol. The Morgan fingerprint density at radius 3 is 2.37 bits per heavy atom. The van der Waals surface area contributed by atoms with E-state index in [4.69, 9.17) is 5.73 Å². The molecule has 1 aromatic rings. The maximum absolute atomic E-state index is 12.8. The van der Waals surface area contributed by atoms with Gasteiger partial charge in [0.25, 0.3) is 0 Å². The third-order valence-corrected chi connectivity index (χ3v) is 4.15. The van der Waals surface area contributed by atoms with Crippen molar-refractivity contribution < 1.29 is 13.2 Å². The predicted octanol–water partition coefficient (Wildman–Crippen LogP) is 4.36. The minimum absolute atomic E-state index is 0.0666. The Kier molecular flexibility index (Phi) is 4.19. The Bertz CT molecular complexity index is 410. The summed E-state index contributed by atoms with van der Waals surface area (Å²) in [7, 11) is 0. The van der Waals surface area contributed by atoms with Crippen molar-refractivity contribution in [3.63, 3.8) is 0 Å². The van der Waals surface area contributed by atoms with Gasteiger partial charge in [-0.15, -0.1) is 0 Å². The van der Waals surface area contributed by atoms with Crippen LogP contribution in [0, 0.1) is 18.8 Å². The number of rotatable bonds is 2. The van der Waals surface area contributed by atoms with Crippen LogP contribution in [0.5, 0.6) is 0 Å². The van der Waals surface area contributed by atoms with E-state index in [0.29, 0.717) is 6.42 Å². The number of benzene rings is 1. The van der Waals surface area contributed by atoms with Gasteiger partial charge in [-0.05, 0) is 37.7 Å². The van der Waals surface area contributed by atoms with Gasteiger partial charge in [-0.1, -0.05) is 36.2 Å². The molecule has 1 aliphatic rings. The lowest BCUT2D eigenvalue weighted by molar-refractivity contribution is -0.186. The molecular formula is C15H20F3N.